The van der Waals surface area contributed by atoms with E-state index in [9.17, 15) is 9.59 Å². The lowest BCUT2D eigenvalue weighted by Gasteiger charge is -2.37. The Labute approximate surface area is 173 Å². The van der Waals surface area contributed by atoms with Crippen LogP contribution in [0, 0.1) is 5.82 Å². The van der Waals surface area contributed by atoms with Gasteiger partial charge in [0.15, 0.2) is 17.3 Å². The molecule has 2 aromatic rings. The van der Waals surface area contributed by atoms with Crippen LogP contribution in [0.25, 0.3) is 10.9 Å². The fourth-order valence-corrected chi connectivity index (χ4v) is 4.10. The quantitative estimate of drug-likeness (QED) is 0.604. The Morgan fingerprint density at radius 2 is 1.93 bits per heavy atom. The minimum Gasteiger partial charge on any atom is -0.492 e. The van der Waals surface area contributed by atoms with Crippen molar-refractivity contribution in [2.75, 3.05) is 58.5 Å². The van der Waals surface area contributed by atoms with Gasteiger partial charge in [0.25, 0.3) is 6.47 Å². The molecule has 0 radical (unpaired) electrons. The molecule has 4 rings (SSSR count). The number of fused-ring (bicyclic) bond motifs is 1. The molecule has 0 bridgehead atoms. The summed E-state index contributed by atoms with van der Waals surface area (Å²) < 4.78 is 32.8. The Bertz CT molecular complexity index is 997. The minimum atomic E-state index is -0.526. The fourth-order valence-electron chi connectivity index (χ4n) is 4.10. The lowest BCUT2D eigenvalue weighted by atomic mass is 10.1. The maximum Gasteiger partial charge on any atom is 0.298 e. The average molecular weight is 419 g/mol. The summed E-state index contributed by atoms with van der Waals surface area (Å²) in [6.45, 7) is 4.56. The minimum absolute atomic E-state index is 0.106. The lowest BCUT2D eigenvalue weighted by molar-refractivity contribution is -0.120. The van der Waals surface area contributed by atoms with E-state index in [0.717, 1.165) is 32.5 Å². The van der Waals surface area contributed by atoms with Crippen LogP contribution < -0.4 is 19.8 Å². The smallest absolute Gasteiger partial charge is 0.298 e. The summed E-state index contributed by atoms with van der Waals surface area (Å²) in [5.41, 5.74) is 0.387. The van der Waals surface area contributed by atoms with Crippen molar-refractivity contribution in [3.63, 3.8) is 0 Å². The number of nitrogens with zero attached hydrogens (tertiary/aromatic N) is 3. The topological polar surface area (TPSA) is 73.2 Å². The van der Waals surface area contributed by atoms with Crippen LogP contribution in [0.15, 0.2) is 17.1 Å². The number of methoxy groups -OCH3 is 2. The van der Waals surface area contributed by atoms with E-state index in [0.29, 0.717) is 36.6 Å². The highest BCUT2D eigenvalue weighted by Crippen LogP contribution is 2.44. The van der Waals surface area contributed by atoms with Crippen LogP contribution in [0.1, 0.15) is 18.9 Å². The average Bonchev–Trinajstić information content (AvgIpc) is 3.59. The molecular formula is C21H26FN3O5. The van der Waals surface area contributed by atoms with Gasteiger partial charge in [-0.3, -0.25) is 14.5 Å². The number of hydrogen-bond donors (Lipinski definition) is 0. The Morgan fingerprint density at radius 3 is 2.53 bits per heavy atom. The summed E-state index contributed by atoms with van der Waals surface area (Å²) in [6.07, 6.45) is 3.41. The van der Waals surface area contributed by atoms with E-state index in [2.05, 4.69) is 4.90 Å². The first-order chi connectivity index (χ1) is 14.6. The van der Waals surface area contributed by atoms with Gasteiger partial charge < -0.3 is 23.7 Å². The van der Waals surface area contributed by atoms with Gasteiger partial charge >= 0.3 is 0 Å². The van der Waals surface area contributed by atoms with Crippen LogP contribution in [0.3, 0.4) is 0 Å². The summed E-state index contributed by atoms with van der Waals surface area (Å²) in [6, 6.07) is 1.41. The van der Waals surface area contributed by atoms with Crippen LogP contribution in [0.4, 0.5) is 10.1 Å². The number of ether oxygens (including phenoxy) is 3. The molecule has 1 aromatic carbocycles. The molecule has 1 saturated carbocycles. The summed E-state index contributed by atoms with van der Waals surface area (Å²) >= 11 is 0. The largest absolute Gasteiger partial charge is 0.492 e. The molecule has 162 valence electrons. The third kappa shape index (κ3) is 3.75. The third-order valence-electron chi connectivity index (χ3n) is 5.79. The van der Waals surface area contributed by atoms with E-state index in [4.69, 9.17) is 14.2 Å². The molecule has 1 aliphatic carbocycles. The van der Waals surface area contributed by atoms with Crippen molar-refractivity contribution in [3.8, 4) is 11.5 Å². The molecular weight excluding hydrogens is 393 g/mol. The van der Waals surface area contributed by atoms with Crippen molar-refractivity contribution in [1.82, 2.24) is 9.47 Å². The summed E-state index contributed by atoms with van der Waals surface area (Å²) in [4.78, 5) is 27.9. The molecule has 9 heteroatoms. The van der Waals surface area contributed by atoms with Gasteiger partial charge in [0, 0.05) is 45.9 Å². The Balaban J connectivity index is 1.79. The van der Waals surface area contributed by atoms with Crippen LogP contribution in [-0.2, 0) is 9.53 Å². The molecule has 0 atom stereocenters. The summed E-state index contributed by atoms with van der Waals surface area (Å²) in [5, 5.41) is 0.151. The third-order valence-corrected chi connectivity index (χ3v) is 5.79. The Hall–Kier alpha value is -2.65. The predicted octanol–water partition coefficient (Wildman–Crippen LogP) is 1.79. The summed E-state index contributed by atoms with van der Waals surface area (Å²) in [5.74, 6) is -0.283. The predicted molar refractivity (Wildman–Crippen MR) is 110 cm³/mol. The number of pyridine rings is 1. The van der Waals surface area contributed by atoms with Gasteiger partial charge in [-0.25, -0.2) is 4.39 Å². The van der Waals surface area contributed by atoms with Crippen molar-refractivity contribution < 1.29 is 23.4 Å². The highest BCUT2D eigenvalue weighted by atomic mass is 19.1. The number of halogens is 1. The number of anilines is 1. The monoisotopic (exact) mass is 419 g/mol. The van der Waals surface area contributed by atoms with E-state index in [1.807, 2.05) is 9.47 Å². The maximum atomic E-state index is 15.3. The van der Waals surface area contributed by atoms with Crippen LogP contribution >= 0.6 is 0 Å². The molecule has 0 unspecified atom stereocenters. The van der Waals surface area contributed by atoms with Gasteiger partial charge in [-0.2, -0.15) is 0 Å². The molecule has 2 heterocycles. The van der Waals surface area contributed by atoms with E-state index in [1.165, 1.54) is 19.4 Å². The number of benzene rings is 1. The van der Waals surface area contributed by atoms with Crippen LogP contribution in [0.5, 0.6) is 11.5 Å². The molecule has 1 aliphatic heterocycles. The Kier molecular flexibility index (Phi) is 5.92. The second-order valence-electron chi connectivity index (χ2n) is 7.63. The zero-order chi connectivity index (χ0) is 21.3. The van der Waals surface area contributed by atoms with Crippen molar-refractivity contribution in [3.05, 3.63) is 28.3 Å². The van der Waals surface area contributed by atoms with Crippen LogP contribution in [0.2, 0.25) is 0 Å². The summed E-state index contributed by atoms with van der Waals surface area (Å²) in [7, 11) is 3.17. The molecule has 0 amide bonds. The highest BCUT2D eigenvalue weighted by molar-refractivity contribution is 5.92. The van der Waals surface area contributed by atoms with E-state index >= 15 is 4.39 Å². The first-order valence-electron chi connectivity index (χ1n) is 10.1. The van der Waals surface area contributed by atoms with Gasteiger partial charge in [0.2, 0.25) is 5.43 Å². The standard InChI is InChI=1S/C21H26FN3O5/c1-28-10-9-23-5-7-24(8-6-23)19-16(22)11-15-18(21(19)29-2)25(14-3-4-14)12-17(20(15)27)30-13-26/h11-14H,3-10H2,1-2H3. The lowest BCUT2D eigenvalue weighted by Crippen LogP contribution is -2.47. The van der Waals surface area contributed by atoms with E-state index in [1.54, 1.807) is 7.11 Å². The first kappa shape index (κ1) is 20.6. The van der Waals surface area contributed by atoms with Crippen molar-refractivity contribution in [2.45, 2.75) is 18.9 Å². The first-order valence-corrected chi connectivity index (χ1v) is 10.1. The van der Waals surface area contributed by atoms with E-state index in [-0.39, 0.29) is 23.6 Å². The van der Waals surface area contributed by atoms with Crippen molar-refractivity contribution >= 4 is 23.1 Å². The van der Waals surface area contributed by atoms with Gasteiger partial charge in [-0.1, -0.05) is 0 Å². The highest BCUT2D eigenvalue weighted by Gasteiger charge is 2.31. The van der Waals surface area contributed by atoms with Crippen LogP contribution in [-0.4, -0.2) is 69.5 Å². The molecule has 8 nitrogen and oxygen atoms in total. The normalized spacial score (nSPS) is 17.4. The van der Waals surface area contributed by atoms with Gasteiger partial charge in [0.1, 0.15) is 5.69 Å². The maximum absolute atomic E-state index is 15.3. The molecule has 0 spiro atoms. The molecule has 1 aromatic heterocycles. The molecule has 30 heavy (non-hydrogen) atoms. The van der Waals surface area contributed by atoms with Gasteiger partial charge in [-0.15, -0.1) is 0 Å². The molecule has 0 N–H and O–H groups in total. The molecule has 1 saturated heterocycles. The second-order valence-corrected chi connectivity index (χ2v) is 7.63. The second kappa shape index (κ2) is 8.61. The number of rotatable bonds is 8. The number of hydrogen-bond acceptors (Lipinski definition) is 7. The SMILES string of the molecule is COCCN1CCN(c2c(F)cc3c(=O)c(OC=O)cn(C4CC4)c3c2OC)CC1. The number of carbonyl (C=O) groups excluding carboxylic acids is 1. The zero-order valence-corrected chi connectivity index (χ0v) is 17.2. The van der Waals surface area contributed by atoms with Crippen molar-refractivity contribution in [2.24, 2.45) is 0 Å². The van der Waals surface area contributed by atoms with E-state index < -0.39 is 11.2 Å². The molecule has 2 aliphatic rings. The number of piperazine rings is 1. The van der Waals surface area contributed by atoms with Gasteiger partial charge in [0.05, 0.1) is 30.8 Å². The van der Waals surface area contributed by atoms with Crippen molar-refractivity contribution in [1.29, 1.82) is 0 Å². The Morgan fingerprint density at radius 1 is 1.20 bits per heavy atom. The van der Waals surface area contributed by atoms with Gasteiger partial charge in [-0.05, 0) is 18.9 Å². The number of carbonyl (C=O) groups is 1. The zero-order valence-electron chi connectivity index (χ0n) is 17.2. The number of aromatic nitrogens is 1. The fraction of sp³-hybridized carbons (Fsp3) is 0.524. The molecule has 2 fully saturated rings.